The lowest BCUT2D eigenvalue weighted by atomic mass is 9.96. The third kappa shape index (κ3) is 9.52. The van der Waals surface area contributed by atoms with Crippen LogP contribution in [0.3, 0.4) is 0 Å². The summed E-state index contributed by atoms with van der Waals surface area (Å²) in [5, 5.41) is 6.94. The Morgan fingerprint density at radius 1 is 1.08 bits per heavy atom. The van der Waals surface area contributed by atoms with Crippen LogP contribution in [0, 0.1) is 25.2 Å². The summed E-state index contributed by atoms with van der Waals surface area (Å²) in [6, 6.07) is 13.7. The van der Waals surface area contributed by atoms with Crippen LogP contribution in [0.15, 0.2) is 42.5 Å². The molecule has 0 aliphatic heterocycles. The first-order valence-corrected chi connectivity index (χ1v) is 13.6. The molecular weight excluding hydrogens is 494 g/mol. The highest BCUT2D eigenvalue weighted by Gasteiger charge is 2.24. The fraction of sp³-hybridized carbons (Fsp3) is 0.481. The van der Waals surface area contributed by atoms with Crippen LogP contribution < -0.4 is 14.9 Å². The second-order valence-electron chi connectivity index (χ2n) is 9.98. The number of hydrogen-bond donors (Lipinski definition) is 2. The highest BCUT2D eigenvalue weighted by atomic mass is 32.2. The first kappa shape index (κ1) is 29.7. The summed E-state index contributed by atoms with van der Waals surface area (Å²) < 4.78 is 29.5. The summed E-state index contributed by atoms with van der Waals surface area (Å²) >= 11 is 3.17. The van der Waals surface area contributed by atoms with Crippen LogP contribution in [-0.2, 0) is 33.8 Å². The number of carbonyl (C=O) groups is 1. The molecule has 0 fully saturated rings. The number of rotatable bonds is 11. The van der Waals surface area contributed by atoms with Crippen LogP contribution in [0.4, 0.5) is 5.69 Å². The molecule has 2 rings (SSSR count). The monoisotopic (exact) mass is 532 g/mol. The number of thiocarbonyl (C=S) groups is 1. The molecule has 0 amide bonds. The lowest BCUT2D eigenvalue weighted by Crippen LogP contribution is -2.39. The number of hydrogen-bond acceptors (Lipinski definition) is 5. The van der Waals surface area contributed by atoms with Crippen molar-refractivity contribution in [3.63, 3.8) is 0 Å². The third-order valence-electron chi connectivity index (χ3n) is 5.85. The predicted octanol–water partition coefficient (Wildman–Crippen LogP) is 4.34. The molecular formula is C27H38N3O4S2-. The van der Waals surface area contributed by atoms with Crippen molar-refractivity contribution in [2.75, 3.05) is 24.0 Å². The zero-order valence-electron chi connectivity index (χ0n) is 22.1. The second-order valence-corrected chi connectivity index (χ2v) is 11.3. The predicted molar refractivity (Wildman–Crippen MR) is 149 cm³/mol. The van der Waals surface area contributed by atoms with E-state index in [1.54, 1.807) is 19.1 Å². The van der Waals surface area contributed by atoms with Gasteiger partial charge in [0.15, 0.2) is 5.11 Å². The Morgan fingerprint density at radius 2 is 1.72 bits per heavy atom. The van der Waals surface area contributed by atoms with Crippen LogP contribution >= 0.6 is 12.2 Å². The topological polar surface area (TPSA) is 93.7 Å². The van der Waals surface area contributed by atoms with Gasteiger partial charge < -0.3 is 24.2 Å². The average Bonchev–Trinajstić information content (AvgIpc) is 2.82. The van der Waals surface area contributed by atoms with Crippen LogP contribution in [0.2, 0.25) is 0 Å². The van der Waals surface area contributed by atoms with E-state index in [2.05, 4.69) is 42.7 Å². The Balaban J connectivity index is 1.94. The van der Waals surface area contributed by atoms with E-state index in [4.69, 9.17) is 17.0 Å². The maximum atomic E-state index is 12.3. The van der Waals surface area contributed by atoms with Crippen molar-refractivity contribution in [3.05, 3.63) is 64.7 Å². The van der Waals surface area contributed by atoms with Crippen LogP contribution in [0.1, 0.15) is 49.9 Å². The van der Waals surface area contributed by atoms with Crippen molar-refractivity contribution < 1.29 is 18.3 Å². The number of carbonyl (C=O) groups excluding carboxylic acids is 1. The normalized spacial score (nSPS) is 13.0. The van der Waals surface area contributed by atoms with Crippen LogP contribution in [-0.4, -0.2) is 39.5 Å². The molecule has 2 aromatic rings. The highest BCUT2D eigenvalue weighted by Crippen LogP contribution is 2.19. The van der Waals surface area contributed by atoms with E-state index in [0.717, 1.165) is 12.0 Å². The molecule has 36 heavy (non-hydrogen) atoms. The standard InChI is InChI=1S/C27H39N3O4S2/c1-7-30(36(32)33)24-12-10-21(11-13-24)16-28-26(35)29-17-23(18-34-25(31)27(4,5)6)15-22-9-8-19(2)20(3)14-22/h8-14,23H,7,15-18H2,1-6H3,(H,32,33)(H2,28,29,35)/p-1. The number of anilines is 1. The zero-order chi connectivity index (χ0) is 26.9. The summed E-state index contributed by atoms with van der Waals surface area (Å²) in [7, 11) is 0. The maximum Gasteiger partial charge on any atom is 0.311 e. The molecule has 198 valence electrons. The van der Waals surface area contributed by atoms with Crippen molar-refractivity contribution in [1.29, 1.82) is 0 Å². The zero-order valence-corrected chi connectivity index (χ0v) is 23.7. The first-order valence-electron chi connectivity index (χ1n) is 12.1. The summed E-state index contributed by atoms with van der Waals surface area (Å²) in [4.78, 5) is 12.3. The minimum atomic E-state index is -2.30. The molecule has 0 bridgehead atoms. The first-order chi connectivity index (χ1) is 16.9. The smallest absolute Gasteiger partial charge is 0.311 e. The Bertz CT molecular complexity index is 1050. The molecule has 0 saturated carbocycles. The molecule has 0 aliphatic rings. The van der Waals surface area contributed by atoms with Crippen molar-refractivity contribution in [2.24, 2.45) is 11.3 Å². The Kier molecular flexibility index (Phi) is 11.3. The summed E-state index contributed by atoms with van der Waals surface area (Å²) in [6.07, 6.45) is 0.755. The summed E-state index contributed by atoms with van der Waals surface area (Å²) in [6.45, 7) is 13.2. The Morgan fingerprint density at radius 3 is 2.28 bits per heavy atom. The van der Waals surface area contributed by atoms with E-state index < -0.39 is 16.7 Å². The highest BCUT2D eigenvalue weighted by molar-refractivity contribution is 7.80. The molecule has 2 unspecified atom stereocenters. The van der Waals surface area contributed by atoms with Gasteiger partial charge in [0.05, 0.1) is 12.0 Å². The van der Waals surface area contributed by atoms with E-state index in [0.29, 0.717) is 37.0 Å². The Labute approximate surface area is 223 Å². The lowest BCUT2D eigenvalue weighted by molar-refractivity contribution is -0.154. The van der Waals surface area contributed by atoms with Crippen molar-refractivity contribution in [3.8, 4) is 0 Å². The second kappa shape index (κ2) is 13.7. The van der Waals surface area contributed by atoms with Gasteiger partial charge >= 0.3 is 5.97 Å². The van der Waals surface area contributed by atoms with Gasteiger partial charge in [0, 0.05) is 42.5 Å². The van der Waals surface area contributed by atoms with Gasteiger partial charge in [-0.2, -0.15) is 0 Å². The number of benzene rings is 2. The molecule has 2 atom stereocenters. The average molecular weight is 533 g/mol. The van der Waals surface area contributed by atoms with Crippen molar-refractivity contribution in [2.45, 2.75) is 54.5 Å². The maximum absolute atomic E-state index is 12.3. The minimum Gasteiger partial charge on any atom is -0.755 e. The van der Waals surface area contributed by atoms with Gasteiger partial charge in [-0.1, -0.05) is 30.3 Å². The minimum absolute atomic E-state index is 0.0467. The fourth-order valence-corrected chi connectivity index (χ4v) is 4.16. The molecule has 0 aromatic heterocycles. The largest absolute Gasteiger partial charge is 0.755 e. The molecule has 0 heterocycles. The molecule has 2 N–H and O–H groups in total. The molecule has 0 radical (unpaired) electrons. The lowest BCUT2D eigenvalue weighted by Gasteiger charge is -2.25. The van der Waals surface area contributed by atoms with Gasteiger partial charge in [-0.25, -0.2) is 0 Å². The third-order valence-corrected chi connectivity index (χ3v) is 6.97. The van der Waals surface area contributed by atoms with Crippen LogP contribution in [0.5, 0.6) is 0 Å². The number of aryl methyl sites for hydroxylation is 2. The van der Waals surface area contributed by atoms with E-state index in [1.165, 1.54) is 21.0 Å². The SMILES string of the molecule is CCN(c1ccc(CNC(=S)NCC(COC(=O)C(C)(C)C)Cc2ccc(C)c(C)c2)cc1)S(=O)[O-]. The number of nitrogens with one attached hydrogen (secondary N) is 2. The summed E-state index contributed by atoms with van der Waals surface area (Å²) in [5.41, 5.74) is 4.71. The summed E-state index contributed by atoms with van der Waals surface area (Å²) in [5.74, 6) is -0.176. The van der Waals surface area contributed by atoms with Gasteiger partial charge in [0.2, 0.25) is 0 Å². The number of esters is 1. The fourth-order valence-electron chi connectivity index (χ4n) is 3.50. The van der Waals surface area contributed by atoms with Gasteiger partial charge in [-0.3, -0.25) is 9.00 Å². The van der Waals surface area contributed by atoms with E-state index in [1.807, 2.05) is 32.9 Å². The molecule has 2 aromatic carbocycles. The van der Waals surface area contributed by atoms with E-state index in [9.17, 15) is 13.6 Å². The van der Waals surface area contributed by atoms with Gasteiger partial charge in [0.25, 0.3) is 0 Å². The molecule has 0 saturated heterocycles. The van der Waals surface area contributed by atoms with Gasteiger partial charge in [-0.15, -0.1) is 0 Å². The molecule has 7 nitrogen and oxygen atoms in total. The van der Waals surface area contributed by atoms with E-state index >= 15 is 0 Å². The number of ether oxygens (including phenoxy) is 1. The molecule has 0 aliphatic carbocycles. The van der Waals surface area contributed by atoms with Gasteiger partial charge in [0.1, 0.15) is 0 Å². The van der Waals surface area contributed by atoms with Crippen molar-refractivity contribution in [1.82, 2.24) is 10.6 Å². The number of nitrogens with zero attached hydrogens (tertiary/aromatic N) is 1. The van der Waals surface area contributed by atoms with E-state index in [-0.39, 0.29) is 11.9 Å². The molecule has 9 heteroatoms. The van der Waals surface area contributed by atoms with Gasteiger partial charge in [-0.05, 0) is 94.6 Å². The van der Waals surface area contributed by atoms with Crippen molar-refractivity contribution >= 4 is 40.3 Å². The quantitative estimate of drug-likeness (QED) is 0.253. The van der Waals surface area contributed by atoms with Crippen LogP contribution in [0.25, 0.3) is 0 Å². The Hall–Kier alpha value is -2.49. The molecule has 0 spiro atoms.